The number of hydrogen-bond acceptors (Lipinski definition) is 10. The van der Waals surface area contributed by atoms with E-state index in [9.17, 15) is 9.59 Å². The van der Waals surface area contributed by atoms with Gasteiger partial charge in [-0.25, -0.2) is 9.98 Å². The van der Waals surface area contributed by atoms with Crippen molar-refractivity contribution in [1.29, 1.82) is 0 Å². The molecule has 4 rings (SSSR count). The molecule has 2 aromatic carbocycles. The molecule has 0 aliphatic carbocycles. The number of aliphatic imine (C=N–C) groups is 1. The van der Waals surface area contributed by atoms with Crippen LogP contribution in [-0.2, 0) is 9.59 Å². The average molecular weight is 599 g/mol. The Morgan fingerprint density at radius 1 is 1.16 bits per heavy atom. The molecule has 44 heavy (non-hydrogen) atoms. The van der Waals surface area contributed by atoms with E-state index in [-0.39, 0.29) is 11.8 Å². The van der Waals surface area contributed by atoms with Crippen LogP contribution in [0, 0.1) is 0 Å². The number of nitrogens with zero attached hydrogens (tertiary/aromatic N) is 6. The van der Waals surface area contributed by atoms with Crippen molar-refractivity contribution in [3.63, 3.8) is 0 Å². The van der Waals surface area contributed by atoms with Gasteiger partial charge < -0.3 is 30.1 Å². The van der Waals surface area contributed by atoms with Gasteiger partial charge in [0.2, 0.25) is 12.4 Å². The normalized spacial score (nSPS) is 14.4. The molecule has 2 N–H and O–H groups in total. The van der Waals surface area contributed by atoms with E-state index >= 15 is 0 Å². The standard InChI is InChI=1S/C33H42N8O3/c1-5-10-26(13-9-16-34-24-43)40(3)32-29(36-30(23-42)25-11-7-6-8-12-25)22-35-33(38-32)37-28-15-14-27(21-31(28)44-4)41-19-17-39(2)18-20-41/h5-8,11-12,14-15,21-24,26H,1,9-10,13,16-20H2,2-4H3,(H,34,43)(H,35,37,38). The number of benzene rings is 2. The third-order valence-electron chi connectivity index (χ3n) is 7.73. The molecular weight excluding hydrogens is 556 g/mol. The van der Waals surface area contributed by atoms with Crippen molar-refractivity contribution >= 4 is 47.2 Å². The summed E-state index contributed by atoms with van der Waals surface area (Å²) < 4.78 is 5.75. The van der Waals surface area contributed by atoms with Gasteiger partial charge in [-0.15, -0.1) is 6.58 Å². The van der Waals surface area contributed by atoms with Crippen LogP contribution in [0.1, 0.15) is 24.8 Å². The van der Waals surface area contributed by atoms with Crippen LogP contribution in [0.2, 0.25) is 0 Å². The van der Waals surface area contributed by atoms with E-state index in [1.807, 2.05) is 60.5 Å². The Bertz CT molecular complexity index is 1420. The van der Waals surface area contributed by atoms with Gasteiger partial charge in [-0.2, -0.15) is 4.98 Å². The average Bonchev–Trinajstić information content (AvgIpc) is 3.06. The second kappa shape index (κ2) is 16.2. The number of aromatic nitrogens is 2. The number of ether oxygens (including phenoxy) is 1. The molecule has 11 heteroatoms. The Morgan fingerprint density at radius 2 is 1.93 bits per heavy atom. The highest BCUT2D eigenvalue weighted by atomic mass is 16.5. The molecule has 1 aliphatic heterocycles. The second-order valence-corrected chi connectivity index (χ2v) is 10.7. The number of amides is 1. The van der Waals surface area contributed by atoms with Crippen LogP contribution in [0.5, 0.6) is 5.75 Å². The lowest BCUT2D eigenvalue weighted by atomic mass is 10.1. The van der Waals surface area contributed by atoms with Gasteiger partial charge in [0, 0.05) is 63.1 Å². The van der Waals surface area contributed by atoms with Crippen LogP contribution in [0.15, 0.2) is 72.4 Å². The molecule has 1 unspecified atom stereocenters. The fourth-order valence-corrected chi connectivity index (χ4v) is 5.16. The molecule has 3 aromatic rings. The SMILES string of the molecule is C=CCC(CCCNC=O)N(C)c1nc(Nc2ccc(N3CCN(C)CC3)cc2OC)ncc1N=C(C=O)c1ccccc1. The maximum atomic E-state index is 12.1. The summed E-state index contributed by atoms with van der Waals surface area (Å²) in [4.78, 5) is 43.7. The molecule has 2 heterocycles. The lowest BCUT2D eigenvalue weighted by molar-refractivity contribution is -0.109. The first-order chi connectivity index (χ1) is 21.5. The van der Waals surface area contributed by atoms with Gasteiger partial charge in [-0.05, 0) is 38.4 Å². The lowest BCUT2D eigenvalue weighted by Crippen LogP contribution is -2.44. The third kappa shape index (κ3) is 8.41. The number of hydrogen-bond donors (Lipinski definition) is 2. The molecule has 1 aliphatic rings. The molecular formula is C33H42N8O3. The highest BCUT2D eigenvalue weighted by Gasteiger charge is 2.21. The van der Waals surface area contributed by atoms with Gasteiger partial charge in [0.25, 0.3) is 0 Å². The minimum atomic E-state index is 0.0199. The van der Waals surface area contributed by atoms with Crippen molar-refractivity contribution in [2.45, 2.75) is 25.3 Å². The largest absolute Gasteiger partial charge is 0.494 e. The Balaban J connectivity index is 1.68. The quantitative estimate of drug-likeness (QED) is 0.108. The number of piperazine rings is 1. The van der Waals surface area contributed by atoms with E-state index in [2.05, 4.69) is 45.1 Å². The van der Waals surface area contributed by atoms with Crippen LogP contribution in [0.3, 0.4) is 0 Å². The predicted molar refractivity (Wildman–Crippen MR) is 177 cm³/mol. The first-order valence-electron chi connectivity index (χ1n) is 14.8. The minimum Gasteiger partial charge on any atom is -0.494 e. The summed E-state index contributed by atoms with van der Waals surface area (Å²) in [6, 6.07) is 15.4. The van der Waals surface area contributed by atoms with Gasteiger partial charge in [0.15, 0.2) is 12.1 Å². The molecule has 0 bridgehead atoms. The Hall–Kier alpha value is -4.77. The number of carbonyl (C=O) groups is 2. The topological polar surface area (TPSA) is 115 Å². The maximum Gasteiger partial charge on any atom is 0.229 e. The number of aldehydes is 1. The fraction of sp³-hybridized carbons (Fsp3) is 0.364. The number of likely N-dealkylation sites (N-methyl/N-ethyl adjacent to an activating group) is 1. The van der Waals surface area contributed by atoms with Crippen molar-refractivity contribution in [2.24, 2.45) is 4.99 Å². The summed E-state index contributed by atoms with van der Waals surface area (Å²) in [7, 11) is 5.73. The summed E-state index contributed by atoms with van der Waals surface area (Å²) in [5.41, 5.74) is 3.27. The molecule has 11 nitrogen and oxygen atoms in total. The molecule has 1 fully saturated rings. The van der Waals surface area contributed by atoms with E-state index in [0.717, 1.165) is 56.7 Å². The van der Waals surface area contributed by atoms with Crippen LogP contribution < -0.4 is 25.2 Å². The molecule has 0 spiro atoms. The number of anilines is 4. The van der Waals surface area contributed by atoms with Gasteiger partial charge in [0.05, 0.1) is 19.0 Å². The molecule has 1 aromatic heterocycles. The molecule has 1 atom stereocenters. The van der Waals surface area contributed by atoms with E-state index < -0.39 is 0 Å². The number of carbonyl (C=O) groups excluding carboxylic acids is 2. The highest BCUT2D eigenvalue weighted by Crippen LogP contribution is 2.34. The summed E-state index contributed by atoms with van der Waals surface area (Å²) in [5, 5.41) is 6.05. The van der Waals surface area contributed by atoms with E-state index in [0.29, 0.717) is 48.1 Å². The lowest BCUT2D eigenvalue weighted by Gasteiger charge is -2.34. The van der Waals surface area contributed by atoms with Gasteiger partial charge in [0.1, 0.15) is 17.1 Å². The van der Waals surface area contributed by atoms with Gasteiger partial charge in [-0.1, -0.05) is 36.4 Å². The van der Waals surface area contributed by atoms with Crippen LogP contribution in [0.4, 0.5) is 28.8 Å². The van der Waals surface area contributed by atoms with E-state index in [4.69, 9.17) is 14.7 Å². The molecule has 0 radical (unpaired) electrons. The molecule has 232 valence electrons. The Kier molecular flexibility index (Phi) is 11.8. The summed E-state index contributed by atoms with van der Waals surface area (Å²) in [6.07, 6.45) is 7.18. The van der Waals surface area contributed by atoms with Crippen molar-refractivity contribution in [3.8, 4) is 5.75 Å². The number of rotatable bonds is 16. The summed E-state index contributed by atoms with van der Waals surface area (Å²) in [5.74, 6) is 1.60. The van der Waals surface area contributed by atoms with Crippen LogP contribution >= 0.6 is 0 Å². The van der Waals surface area contributed by atoms with Gasteiger partial charge >= 0.3 is 0 Å². The van der Waals surface area contributed by atoms with Gasteiger partial charge in [-0.3, -0.25) is 9.59 Å². The minimum absolute atomic E-state index is 0.0199. The zero-order valence-electron chi connectivity index (χ0n) is 25.8. The first-order valence-corrected chi connectivity index (χ1v) is 14.8. The van der Waals surface area contributed by atoms with E-state index in [1.54, 1.807) is 13.3 Å². The van der Waals surface area contributed by atoms with Crippen molar-refractivity contribution < 1.29 is 14.3 Å². The fourth-order valence-electron chi connectivity index (χ4n) is 5.16. The number of nitrogens with one attached hydrogen (secondary N) is 2. The first kappa shape index (κ1) is 32.2. The van der Waals surface area contributed by atoms with Crippen LogP contribution in [-0.4, -0.2) is 93.2 Å². The highest BCUT2D eigenvalue weighted by molar-refractivity contribution is 6.36. The molecule has 0 saturated carbocycles. The number of methoxy groups -OCH3 is 1. The van der Waals surface area contributed by atoms with Crippen molar-refractivity contribution in [3.05, 3.63) is 72.9 Å². The van der Waals surface area contributed by atoms with E-state index in [1.165, 1.54) is 0 Å². The third-order valence-corrected chi connectivity index (χ3v) is 7.73. The van der Waals surface area contributed by atoms with Crippen molar-refractivity contribution in [1.82, 2.24) is 20.2 Å². The molecule has 1 saturated heterocycles. The summed E-state index contributed by atoms with van der Waals surface area (Å²) >= 11 is 0. The predicted octanol–water partition coefficient (Wildman–Crippen LogP) is 4.21. The zero-order chi connectivity index (χ0) is 31.3. The Morgan fingerprint density at radius 3 is 2.61 bits per heavy atom. The Labute approximate surface area is 259 Å². The summed E-state index contributed by atoms with van der Waals surface area (Å²) in [6.45, 7) is 8.45. The smallest absolute Gasteiger partial charge is 0.229 e. The second-order valence-electron chi connectivity index (χ2n) is 10.7. The monoisotopic (exact) mass is 598 g/mol. The van der Waals surface area contributed by atoms with Crippen molar-refractivity contribution in [2.75, 3.05) is 69.0 Å². The zero-order valence-corrected chi connectivity index (χ0v) is 25.8. The maximum absolute atomic E-state index is 12.1. The van der Waals surface area contributed by atoms with Crippen LogP contribution in [0.25, 0.3) is 0 Å². The molecule has 1 amide bonds.